The van der Waals surface area contributed by atoms with E-state index >= 15 is 0 Å². The van der Waals surface area contributed by atoms with Crippen LogP contribution >= 0.6 is 15.9 Å². The van der Waals surface area contributed by atoms with Crippen LogP contribution in [0, 0.1) is 0 Å². The fraction of sp³-hybridized carbons (Fsp3) is 0.286. The van der Waals surface area contributed by atoms with E-state index in [1.165, 1.54) is 0 Å². The minimum atomic E-state index is -0.260. The summed E-state index contributed by atoms with van der Waals surface area (Å²) in [5.41, 5.74) is 7.12. The molecule has 18 heavy (non-hydrogen) atoms. The van der Waals surface area contributed by atoms with E-state index in [2.05, 4.69) is 15.9 Å². The molecule has 1 aromatic heterocycles. The van der Waals surface area contributed by atoms with Gasteiger partial charge in [-0.15, -0.1) is 0 Å². The van der Waals surface area contributed by atoms with Crippen LogP contribution in [0.4, 0.5) is 0 Å². The van der Waals surface area contributed by atoms with Crippen molar-refractivity contribution in [3.05, 3.63) is 52.4 Å². The van der Waals surface area contributed by atoms with Gasteiger partial charge in [-0.3, -0.25) is 0 Å². The van der Waals surface area contributed by atoms with Crippen LogP contribution in [0.1, 0.15) is 31.2 Å². The minimum Gasteiger partial charge on any atom is -0.491 e. The van der Waals surface area contributed by atoms with Gasteiger partial charge in [0.05, 0.1) is 12.1 Å². The van der Waals surface area contributed by atoms with Crippen LogP contribution in [0.5, 0.6) is 5.75 Å². The molecule has 0 fully saturated rings. The largest absolute Gasteiger partial charge is 0.491 e. The van der Waals surface area contributed by atoms with Crippen LogP contribution in [0.25, 0.3) is 0 Å². The van der Waals surface area contributed by atoms with Gasteiger partial charge in [0.1, 0.15) is 11.5 Å². The second-order valence-corrected chi connectivity index (χ2v) is 5.14. The lowest BCUT2D eigenvalue weighted by Crippen LogP contribution is -2.11. The number of benzene rings is 1. The maximum Gasteiger partial charge on any atom is 0.169 e. The monoisotopic (exact) mass is 309 g/mol. The molecule has 2 rings (SSSR count). The van der Waals surface area contributed by atoms with E-state index in [0.717, 1.165) is 17.1 Å². The number of rotatable bonds is 4. The number of nitrogens with two attached hydrogens (primary N) is 1. The SMILES string of the molecule is CC(C)Oc1ccc(C(N)c2ccc(Br)o2)cc1. The van der Waals surface area contributed by atoms with Gasteiger partial charge in [0.25, 0.3) is 0 Å². The molecule has 0 amide bonds. The first kappa shape index (κ1) is 13.2. The summed E-state index contributed by atoms with van der Waals surface area (Å²) in [6, 6.07) is 11.2. The molecule has 0 saturated heterocycles. The van der Waals surface area contributed by atoms with Crippen molar-refractivity contribution in [1.29, 1.82) is 0 Å². The molecule has 0 spiro atoms. The summed E-state index contributed by atoms with van der Waals surface area (Å²) in [6.07, 6.45) is 0.172. The van der Waals surface area contributed by atoms with Crippen LogP contribution in [0.3, 0.4) is 0 Å². The average Bonchev–Trinajstić information content (AvgIpc) is 2.75. The van der Waals surface area contributed by atoms with Crippen molar-refractivity contribution in [2.24, 2.45) is 5.73 Å². The molecule has 4 heteroatoms. The van der Waals surface area contributed by atoms with Gasteiger partial charge in [-0.25, -0.2) is 0 Å². The number of halogens is 1. The van der Waals surface area contributed by atoms with E-state index in [0.29, 0.717) is 4.67 Å². The molecule has 1 heterocycles. The maximum absolute atomic E-state index is 6.13. The first-order valence-electron chi connectivity index (χ1n) is 5.83. The van der Waals surface area contributed by atoms with Crippen LogP contribution in [-0.2, 0) is 0 Å². The molecule has 0 aliphatic carbocycles. The minimum absolute atomic E-state index is 0.172. The summed E-state index contributed by atoms with van der Waals surface area (Å²) in [6.45, 7) is 4.00. The molecule has 96 valence electrons. The van der Waals surface area contributed by atoms with Crippen LogP contribution < -0.4 is 10.5 Å². The molecule has 2 N–H and O–H groups in total. The summed E-state index contributed by atoms with van der Waals surface area (Å²) < 4.78 is 11.7. The highest BCUT2D eigenvalue weighted by Crippen LogP contribution is 2.25. The Balaban J connectivity index is 2.14. The quantitative estimate of drug-likeness (QED) is 0.932. The van der Waals surface area contributed by atoms with Crippen molar-refractivity contribution in [2.45, 2.75) is 26.0 Å². The van der Waals surface area contributed by atoms with E-state index < -0.39 is 0 Å². The van der Waals surface area contributed by atoms with Crippen molar-refractivity contribution in [3.63, 3.8) is 0 Å². The van der Waals surface area contributed by atoms with Crippen molar-refractivity contribution in [2.75, 3.05) is 0 Å². The Morgan fingerprint density at radius 2 is 1.78 bits per heavy atom. The van der Waals surface area contributed by atoms with Crippen molar-refractivity contribution in [1.82, 2.24) is 0 Å². The molecule has 0 radical (unpaired) electrons. The number of hydrogen-bond acceptors (Lipinski definition) is 3. The van der Waals surface area contributed by atoms with Crippen molar-refractivity contribution < 1.29 is 9.15 Å². The molecular weight excluding hydrogens is 294 g/mol. The van der Waals surface area contributed by atoms with Crippen molar-refractivity contribution >= 4 is 15.9 Å². The average molecular weight is 310 g/mol. The molecule has 3 nitrogen and oxygen atoms in total. The maximum atomic E-state index is 6.13. The topological polar surface area (TPSA) is 48.4 Å². The van der Waals surface area contributed by atoms with Gasteiger partial charge < -0.3 is 14.9 Å². The highest BCUT2D eigenvalue weighted by molar-refractivity contribution is 9.10. The second-order valence-electron chi connectivity index (χ2n) is 4.36. The van der Waals surface area contributed by atoms with Crippen LogP contribution in [0.2, 0.25) is 0 Å². The zero-order valence-corrected chi connectivity index (χ0v) is 12.0. The van der Waals surface area contributed by atoms with Gasteiger partial charge in [0.2, 0.25) is 0 Å². The summed E-state index contributed by atoms with van der Waals surface area (Å²) >= 11 is 3.27. The normalized spacial score (nSPS) is 12.7. The second kappa shape index (κ2) is 5.59. The first-order chi connectivity index (χ1) is 8.56. The van der Waals surface area contributed by atoms with E-state index in [9.17, 15) is 0 Å². The third kappa shape index (κ3) is 3.15. The highest BCUT2D eigenvalue weighted by atomic mass is 79.9. The number of ether oxygens (including phenoxy) is 1. The number of hydrogen-bond donors (Lipinski definition) is 1. The third-order valence-electron chi connectivity index (χ3n) is 2.51. The van der Waals surface area contributed by atoms with Gasteiger partial charge in [-0.05, 0) is 59.6 Å². The molecule has 1 atom stereocenters. The Labute approximate surface area is 115 Å². The molecule has 1 aromatic carbocycles. The lowest BCUT2D eigenvalue weighted by atomic mass is 10.1. The lowest BCUT2D eigenvalue weighted by molar-refractivity contribution is 0.242. The summed E-state index contributed by atoms with van der Waals surface area (Å²) in [4.78, 5) is 0. The molecule has 0 aliphatic heterocycles. The molecular formula is C14H16BrNO2. The van der Waals surface area contributed by atoms with Gasteiger partial charge in [-0.2, -0.15) is 0 Å². The Hall–Kier alpha value is -1.26. The summed E-state index contributed by atoms with van der Waals surface area (Å²) in [5, 5.41) is 0. The van der Waals surface area contributed by atoms with E-state index in [4.69, 9.17) is 14.9 Å². The molecule has 2 aromatic rings. The van der Waals surface area contributed by atoms with Gasteiger partial charge in [0.15, 0.2) is 4.67 Å². The third-order valence-corrected chi connectivity index (χ3v) is 2.94. The van der Waals surface area contributed by atoms with Gasteiger partial charge >= 0.3 is 0 Å². The van der Waals surface area contributed by atoms with Gasteiger partial charge in [-0.1, -0.05) is 12.1 Å². The predicted molar refractivity (Wildman–Crippen MR) is 74.6 cm³/mol. The Morgan fingerprint density at radius 1 is 1.11 bits per heavy atom. The molecule has 0 aliphatic rings. The van der Waals surface area contributed by atoms with Crippen LogP contribution in [-0.4, -0.2) is 6.10 Å². The van der Waals surface area contributed by atoms with Crippen molar-refractivity contribution in [3.8, 4) is 5.75 Å². The van der Waals surface area contributed by atoms with E-state index in [-0.39, 0.29) is 12.1 Å². The fourth-order valence-electron chi connectivity index (χ4n) is 1.69. The highest BCUT2D eigenvalue weighted by Gasteiger charge is 2.13. The zero-order valence-electron chi connectivity index (χ0n) is 10.4. The van der Waals surface area contributed by atoms with Gasteiger partial charge in [0, 0.05) is 0 Å². The zero-order chi connectivity index (χ0) is 13.1. The fourth-order valence-corrected chi connectivity index (χ4v) is 2.00. The standard InChI is InChI=1S/C14H16BrNO2/c1-9(2)17-11-5-3-10(4-6-11)14(16)12-7-8-13(15)18-12/h3-9,14H,16H2,1-2H3. The molecule has 0 saturated carbocycles. The smallest absolute Gasteiger partial charge is 0.169 e. The van der Waals surface area contributed by atoms with E-state index in [1.54, 1.807) is 0 Å². The van der Waals surface area contributed by atoms with Crippen LogP contribution in [0.15, 0.2) is 45.5 Å². The predicted octanol–water partition coefficient (Wildman–Crippen LogP) is 3.88. The summed E-state index contributed by atoms with van der Waals surface area (Å²) in [5.74, 6) is 1.58. The Morgan fingerprint density at radius 3 is 2.28 bits per heavy atom. The first-order valence-corrected chi connectivity index (χ1v) is 6.63. The Kier molecular flexibility index (Phi) is 4.09. The Bertz CT molecular complexity index is 505. The lowest BCUT2D eigenvalue weighted by Gasteiger charge is -2.12. The molecule has 1 unspecified atom stereocenters. The molecule has 0 bridgehead atoms. The van der Waals surface area contributed by atoms with E-state index in [1.807, 2.05) is 50.2 Å². The summed E-state index contributed by atoms with van der Waals surface area (Å²) in [7, 11) is 0. The number of furan rings is 1.